The van der Waals surface area contributed by atoms with Crippen molar-refractivity contribution in [3.05, 3.63) is 47.8 Å². The fourth-order valence-electron chi connectivity index (χ4n) is 1.07. The summed E-state index contributed by atoms with van der Waals surface area (Å²) < 4.78 is 12.5. The highest BCUT2D eigenvalue weighted by molar-refractivity contribution is 5.19. The van der Waals surface area contributed by atoms with Crippen molar-refractivity contribution in [2.75, 3.05) is 0 Å². The van der Waals surface area contributed by atoms with Gasteiger partial charge in [-0.05, 0) is 30.4 Å². The van der Waals surface area contributed by atoms with Crippen molar-refractivity contribution in [1.29, 1.82) is 0 Å². The molecule has 0 heterocycles. The van der Waals surface area contributed by atoms with Crippen LogP contribution in [0.4, 0.5) is 4.39 Å². The first-order chi connectivity index (χ1) is 6.33. The lowest BCUT2D eigenvalue weighted by Crippen LogP contribution is -1.81. The van der Waals surface area contributed by atoms with Gasteiger partial charge >= 0.3 is 0 Å². The maximum Gasteiger partial charge on any atom is 0.168 e. The zero-order valence-electron chi connectivity index (χ0n) is 7.33. The van der Waals surface area contributed by atoms with E-state index in [9.17, 15) is 4.39 Å². The predicted octanol–water partition coefficient (Wildman–Crippen LogP) is 3.11. The van der Waals surface area contributed by atoms with Gasteiger partial charge in [-0.25, -0.2) is 0 Å². The van der Waals surface area contributed by atoms with Crippen molar-refractivity contribution in [2.45, 2.75) is 12.8 Å². The van der Waals surface area contributed by atoms with Gasteiger partial charge in [0.05, 0.1) is 0 Å². The minimum atomic E-state index is -0.476. The van der Waals surface area contributed by atoms with Gasteiger partial charge < -0.3 is 0 Å². The average Bonchev–Trinajstić information content (AvgIpc) is 2.19. The molecule has 0 unspecified atom stereocenters. The maximum atomic E-state index is 12.5. The minimum Gasteiger partial charge on any atom is -0.197 e. The molecule has 1 aromatic carbocycles. The summed E-state index contributed by atoms with van der Waals surface area (Å²) in [6.45, 7) is 0. The van der Waals surface area contributed by atoms with Gasteiger partial charge in [-0.15, -0.1) is 6.42 Å². The molecule has 0 aromatic heterocycles. The molecule has 0 nitrogen and oxygen atoms in total. The highest BCUT2D eigenvalue weighted by atomic mass is 19.1. The summed E-state index contributed by atoms with van der Waals surface area (Å²) in [6, 6.07) is 9.93. The molecule has 0 saturated carbocycles. The number of rotatable bonds is 3. The normalized spacial score (nSPS) is 10.9. The molecule has 0 N–H and O–H groups in total. The highest BCUT2D eigenvalue weighted by Crippen LogP contribution is 2.04. The Bertz CT molecular complexity index is 317. The van der Waals surface area contributed by atoms with Gasteiger partial charge in [0, 0.05) is 0 Å². The Morgan fingerprint density at radius 2 is 2.08 bits per heavy atom. The van der Waals surface area contributed by atoms with Gasteiger partial charge in [0.15, 0.2) is 5.83 Å². The van der Waals surface area contributed by atoms with Crippen LogP contribution >= 0.6 is 0 Å². The van der Waals surface area contributed by atoms with Gasteiger partial charge in [-0.2, -0.15) is 4.39 Å². The highest BCUT2D eigenvalue weighted by Gasteiger charge is 1.90. The van der Waals surface area contributed by atoms with Gasteiger partial charge in [-0.3, -0.25) is 0 Å². The van der Waals surface area contributed by atoms with Crippen molar-refractivity contribution < 1.29 is 4.39 Å². The van der Waals surface area contributed by atoms with E-state index in [2.05, 4.69) is 0 Å². The van der Waals surface area contributed by atoms with Crippen LogP contribution in [-0.4, -0.2) is 0 Å². The van der Waals surface area contributed by atoms with E-state index in [0.29, 0.717) is 6.42 Å². The van der Waals surface area contributed by atoms with Crippen molar-refractivity contribution in [1.82, 2.24) is 0 Å². The average molecular weight is 174 g/mol. The summed E-state index contributed by atoms with van der Waals surface area (Å²) in [5.41, 5.74) is 1.20. The van der Waals surface area contributed by atoms with Crippen LogP contribution in [0.5, 0.6) is 0 Å². The lowest BCUT2D eigenvalue weighted by Gasteiger charge is -1.95. The van der Waals surface area contributed by atoms with E-state index in [1.54, 1.807) is 0 Å². The molecule has 1 rings (SSSR count). The minimum absolute atomic E-state index is 0.476. The maximum absolute atomic E-state index is 12.5. The van der Waals surface area contributed by atoms with E-state index in [0.717, 1.165) is 6.42 Å². The lowest BCUT2D eigenvalue weighted by atomic mass is 10.1. The molecule has 0 spiro atoms. The number of hydrogen-bond donors (Lipinski definition) is 0. The van der Waals surface area contributed by atoms with E-state index in [-0.39, 0.29) is 0 Å². The predicted molar refractivity (Wildman–Crippen MR) is 52.8 cm³/mol. The van der Waals surface area contributed by atoms with Gasteiger partial charge in [-0.1, -0.05) is 30.3 Å². The molecule has 1 aromatic rings. The molecule has 0 aliphatic heterocycles. The summed E-state index contributed by atoms with van der Waals surface area (Å²) >= 11 is 0. The van der Waals surface area contributed by atoms with E-state index in [1.165, 1.54) is 11.6 Å². The summed E-state index contributed by atoms with van der Waals surface area (Å²) in [7, 11) is 0. The fourth-order valence-corrected chi connectivity index (χ4v) is 1.07. The molecule has 0 amide bonds. The van der Waals surface area contributed by atoms with E-state index >= 15 is 0 Å². The van der Waals surface area contributed by atoms with Gasteiger partial charge in [0.1, 0.15) is 0 Å². The van der Waals surface area contributed by atoms with Gasteiger partial charge in [0.25, 0.3) is 0 Å². The second-order valence-electron chi connectivity index (χ2n) is 2.72. The monoisotopic (exact) mass is 174 g/mol. The summed E-state index contributed by atoms with van der Waals surface area (Å²) in [4.78, 5) is 0. The number of allylic oxidation sites excluding steroid dienone is 2. The Morgan fingerprint density at radius 1 is 1.38 bits per heavy atom. The number of hydrogen-bond acceptors (Lipinski definition) is 0. The van der Waals surface area contributed by atoms with Crippen molar-refractivity contribution in [3.63, 3.8) is 0 Å². The summed E-state index contributed by atoms with van der Waals surface area (Å²) in [6.07, 6.45) is 7.78. The molecule has 0 aliphatic rings. The smallest absolute Gasteiger partial charge is 0.168 e. The van der Waals surface area contributed by atoms with Crippen LogP contribution in [0.2, 0.25) is 0 Å². The second-order valence-corrected chi connectivity index (χ2v) is 2.72. The van der Waals surface area contributed by atoms with Crippen LogP contribution in [0.3, 0.4) is 0 Å². The standard InChI is InChI=1S/C12H11F/c1-2-12(13)10-6-9-11-7-4-3-5-8-11/h1,3-5,7-8,10H,6,9H2. The zero-order chi connectivity index (χ0) is 9.52. The van der Waals surface area contributed by atoms with Gasteiger partial charge in [0.2, 0.25) is 0 Å². The molecule has 0 bridgehead atoms. The Labute approximate surface area is 78.1 Å². The first-order valence-corrected chi connectivity index (χ1v) is 4.19. The Morgan fingerprint density at radius 3 is 2.69 bits per heavy atom. The van der Waals surface area contributed by atoms with Crippen molar-refractivity contribution in [2.24, 2.45) is 0 Å². The molecular formula is C12H11F. The number of benzene rings is 1. The van der Waals surface area contributed by atoms with Crippen molar-refractivity contribution >= 4 is 0 Å². The molecular weight excluding hydrogens is 163 g/mol. The van der Waals surface area contributed by atoms with Crippen molar-refractivity contribution in [3.8, 4) is 12.3 Å². The topological polar surface area (TPSA) is 0 Å². The fraction of sp³-hybridized carbons (Fsp3) is 0.167. The summed E-state index contributed by atoms with van der Waals surface area (Å²) in [5, 5.41) is 0. The molecule has 0 fully saturated rings. The third-order valence-electron chi connectivity index (χ3n) is 1.74. The third-order valence-corrected chi connectivity index (χ3v) is 1.74. The van der Waals surface area contributed by atoms with E-state index in [4.69, 9.17) is 6.42 Å². The largest absolute Gasteiger partial charge is 0.197 e. The zero-order valence-corrected chi connectivity index (χ0v) is 7.33. The molecule has 0 aliphatic carbocycles. The third kappa shape index (κ3) is 3.57. The number of aryl methyl sites for hydroxylation is 1. The SMILES string of the molecule is C#CC(F)=CCCc1ccccc1. The van der Waals surface area contributed by atoms with Crippen LogP contribution in [-0.2, 0) is 6.42 Å². The molecule has 0 saturated heterocycles. The second kappa shape index (κ2) is 5.16. The molecule has 0 radical (unpaired) electrons. The van der Waals surface area contributed by atoms with E-state index < -0.39 is 5.83 Å². The van der Waals surface area contributed by atoms with Crippen LogP contribution in [0, 0.1) is 12.3 Å². The quantitative estimate of drug-likeness (QED) is 0.618. The number of halogens is 1. The first kappa shape index (κ1) is 9.54. The Balaban J connectivity index is 2.41. The first-order valence-electron chi connectivity index (χ1n) is 4.19. The van der Waals surface area contributed by atoms with Crippen LogP contribution in [0.1, 0.15) is 12.0 Å². The molecule has 1 heteroatoms. The van der Waals surface area contributed by atoms with E-state index in [1.807, 2.05) is 36.3 Å². The molecule has 0 atom stereocenters. The summed E-state index contributed by atoms with van der Waals surface area (Å²) in [5.74, 6) is 1.47. The van der Waals surface area contributed by atoms with Crippen LogP contribution < -0.4 is 0 Å². The molecule has 66 valence electrons. The number of terminal acetylenes is 1. The lowest BCUT2D eigenvalue weighted by molar-refractivity contribution is 0.668. The Kier molecular flexibility index (Phi) is 3.78. The van der Waals surface area contributed by atoms with Crippen LogP contribution in [0.25, 0.3) is 0 Å². The molecule has 13 heavy (non-hydrogen) atoms. The van der Waals surface area contributed by atoms with Crippen LogP contribution in [0.15, 0.2) is 42.2 Å². The Hall–Kier alpha value is -1.55.